The van der Waals surface area contributed by atoms with Gasteiger partial charge in [-0.15, -0.1) is 0 Å². The van der Waals surface area contributed by atoms with E-state index in [1.165, 1.54) is 12.3 Å². The molecule has 1 aromatic heterocycles. The monoisotopic (exact) mass is 191 g/mol. The molecule has 0 aliphatic heterocycles. The summed E-state index contributed by atoms with van der Waals surface area (Å²) in [6, 6.07) is 3.28. The number of aromatic nitrogens is 1. The molecular weight excluding hydrogens is 182 g/mol. The van der Waals surface area contributed by atoms with E-state index < -0.39 is 5.97 Å². The maximum atomic E-state index is 10.3. The Kier molecular flexibility index (Phi) is 3.55. The van der Waals surface area contributed by atoms with Crippen LogP contribution in [0.1, 0.15) is 22.5 Å². The molecule has 0 amide bonds. The van der Waals surface area contributed by atoms with Crippen LogP contribution in [0.25, 0.3) is 6.08 Å². The van der Waals surface area contributed by atoms with Gasteiger partial charge in [-0.3, -0.25) is 14.6 Å². The van der Waals surface area contributed by atoms with Crippen molar-refractivity contribution in [2.24, 2.45) is 0 Å². The topological polar surface area (TPSA) is 67.3 Å². The molecule has 0 aliphatic carbocycles. The normalized spacial score (nSPS) is 10.3. The minimum absolute atomic E-state index is 0.0306. The average molecular weight is 191 g/mol. The maximum absolute atomic E-state index is 10.3. The van der Waals surface area contributed by atoms with Crippen molar-refractivity contribution >= 4 is 18.3 Å². The summed E-state index contributed by atoms with van der Waals surface area (Å²) >= 11 is 0. The van der Waals surface area contributed by atoms with Crippen molar-refractivity contribution < 1.29 is 14.7 Å². The maximum Gasteiger partial charge on any atom is 0.307 e. The number of aldehydes is 1. The van der Waals surface area contributed by atoms with Crippen LogP contribution in [0.15, 0.2) is 24.4 Å². The van der Waals surface area contributed by atoms with Crippen molar-refractivity contribution in [3.63, 3.8) is 0 Å². The standard InChI is InChI=1S/C10H9NO3/c12-7-8-4-5-9(11-6-8)2-1-3-10(13)14/h1-2,4-7H,3H2,(H,13,14). The van der Waals surface area contributed by atoms with Crippen molar-refractivity contribution in [1.29, 1.82) is 0 Å². The van der Waals surface area contributed by atoms with E-state index in [1.54, 1.807) is 18.2 Å². The number of carboxylic acids is 1. The van der Waals surface area contributed by atoms with Crippen LogP contribution in [0.3, 0.4) is 0 Å². The number of hydrogen-bond acceptors (Lipinski definition) is 3. The second-order valence-corrected chi connectivity index (χ2v) is 2.63. The zero-order valence-electron chi connectivity index (χ0n) is 7.38. The van der Waals surface area contributed by atoms with Crippen molar-refractivity contribution in [2.75, 3.05) is 0 Å². The Hall–Kier alpha value is -1.97. The van der Waals surface area contributed by atoms with Crippen LogP contribution in [-0.2, 0) is 4.79 Å². The van der Waals surface area contributed by atoms with E-state index in [2.05, 4.69) is 4.98 Å². The Labute approximate surface area is 80.9 Å². The minimum Gasteiger partial charge on any atom is -0.481 e. The van der Waals surface area contributed by atoms with E-state index in [4.69, 9.17) is 5.11 Å². The van der Waals surface area contributed by atoms with E-state index in [-0.39, 0.29) is 6.42 Å². The predicted octanol–water partition coefficient (Wildman–Crippen LogP) is 1.38. The third-order valence-electron chi connectivity index (χ3n) is 1.53. The molecule has 0 saturated heterocycles. The number of hydrogen-bond donors (Lipinski definition) is 1. The van der Waals surface area contributed by atoms with E-state index in [0.29, 0.717) is 17.5 Å². The molecule has 72 valence electrons. The Morgan fingerprint density at radius 1 is 1.50 bits per heavy atom. The van der Waals surface area contributed by atoms with Gasteiger partial charge in [0.15, 0.2) is 6.29 Å². The van der Waals surface area contributed by atoms with Crippen molar-refractivity contribution in [1.82, 2.24) is 4.98 Å². The van der Waals surface area contributed by atoms with Gasteiger partial charge in [0.2, 0.25) is 0 Å². The molecule has 1 heterocycles. The van der Waals surface area contributed by atoms with Gasteiger partial charge in [-0.1, -0.05) is 6.08 Å². The van der Waals surface area contributed by atoms with Crippen molar-refractivity contribution in [3.05, 3.63) is 35.7 Å². The number of pyridine rings is 1. The highest BCUT2D eigenvalue weighted by Crippen LogP contribution is 2.00. The zero-order valence-corrected chi connectivity index (χ0v) is 7.38. The molecule has 0 spiro atoms. The molecule has 0 aromatic carbocycles. The summed E-state index contributed by atoms with van der Waals surface area (Å²) in [6.07, 6.45) is 5.22. The quantitative estimate of drug-likeness (QED) is 0.730. The largest absolute Gasteiger partial charge is 0.481 e. The summed E-state index contributed by atoms with van der Waals surface area (Å²) in [7, 11) is 0. The van der Waals surface area contributed by atoms with Crippen LogP contribution in [0.4, 0.5) is 0 Å². The average Bonchev–Trinajstić information content (AvgIpc) is 2.18. The van der Waals surface area contributed by atoms with Gasteiger partial charge in [-0.05, 0) is 18.2 Å². The van der Waals surface area contributed by atoms with Crippen molar-refractivity contribution in [2.45, 2.75) is 6.42 Å². The minimum atomic E-state index is -0.884. The van der Waals surface area contributed by atoms with Gasteiger partial charge >= 0.3 is 5.97 Å². The summed E-state index contributed by atoms with van der Waals surface area (Å²) in [5.41, 5.74) is 1.14. The molecule has 4 nitrogen and oxygen atoms in total. The number of carbonyl (C=O) groups is 2. The number of carboxylic acid groups (broad SMARTS) is 1. The first kappa shape index (κ1) is 10.1. The molecule has 1 rings (SSSR count). The summed E-state index contributed by atoms with van der Waals surface area (Å²) in [5, 5.41) is 8.36. The lowest BCUT2D eigenvalue weighted by atomic mass is 10.2. The molecule has 1 aromatic rings. The van der Waals surface area contributed by atoms with Crippen LogP contribution in [0.5, 0.6) is 0 Å². The highest BCUT2D eigenvalue weighted by Gasteiger charge is 1.92. The van der Waals surface area contributed by atoms with Crippen LogP contribution in [0.2, 0.25) is 0 Å². The summed E-state index contributed by atoms with van der Waals surface area (Å²) in [6.45, 7) is 0. The molecule has 0 radical (unpaired) electrons. The molecule has 1 N–H and O–H groups in total. The SMILES string of the molecule is O=Cc1ccc(C=CCC(=O)O)nc1. The van der Waals surface area contributed by atoms with Gasteiger partial charge in [0.1, 0.15) is 0 Å². The Morgan fingerprint density at radius 2 is 2.29 bits per heavy atom. The van der Waals surface area contributed by atoms with Gasteiger partial charge in [0.25, 0.3) is 0 Å². The number of carbonyl (C=O) groups excluding carboxylic acids is 1. The van der Waals surface area contributed by atoms with Gasteiger partial charge in [0, 0.05) is 11.8 Å². The second kappa shape index (κ2) is 4.91. The van der Waals surface area contributed by atoms with Crippen LogP contribution >= 0.6 is 0 Å². The van der Waals surface area contributed by atoms with Gasteiger partial charge < -0.3 is 5.11 Å². The Morgan fingerprint density at radius 3 is 2.79 bits per heavy atom. The second-order valence-electron chi connectivity index (χ2n) is 2.63. The van der Waals surface area contributed by atoms with Gasteiger partial charge in [0.05, 0.1) is 12.1 Å². The van der Waals surface area contributed by atoms with E-state index >= 15 is 0 Å². The lowest BCUT2D eigenvalue weighted by Gasteiger charge is -1.92. The van der Waals surface area contributed by atoms with Crippen molar-refractivity contribution in [3.8, 4) is 0 Å². The fourth-order valence-corrected chi connectivity index (χ4v) is 0.866. The van der Waals surface area contributed by atoms with Gasteiger partial charge in [-0.2, -0.15) is 0 Å². The number of nitrogens with zero attached hydrogens (tertiary/aromatic N) is 1. The fourth-order valence-electron chi connectivity index (χ4n) is 0.866. The van der Waals surface area contributed by atoms with E-state index in [0.717, 1.165) is 0 Å². The molecule has 0 saturated carbocycles. The molecular formula is C10H9NO3. The molecule has 0 unspecified atom stereocenters. The molecule has 4 heteroatoms. The zero-order chi connectivity index (χ0) is 10.4. The third kappa shape index (κ3) is 3.18. The summed E-state index contributed by atoms with van der Waals surface area (Å²) in [4.78, 5) is 24.4. The molecule has 14 heavy (non-hydrogen) atoms. The first-order valence-corrected chi connectivity index (χ1v) is 4.02. The van der Waals surface area contributed by atoms with Crippen LogP contribution < -0.4 is 0 Å². The molecule has 0 aliphatic rings. The number of aliphatic carboxylic acids is 1. The summed E-state index contributed by atoms with van der Waals surface area (Å²) < 4.78 is 0. The molecule has 0 fully saturated rings. The Bertz CT molecular complexity index is 354. The smallest absolute Gasteiger partial charge is 0.307 e. The first-order valence-electron chi connectivity index (χ1n) is 4.02. The molecule has 0 atom stereocenters. The van der Waals surface area contributed by atoms with Gasteiger partial charge in [-0.25, -0.2) is 0 Å². The first-order chi connectivity index (χ1) is 6.72. The number of rotatable bonds is 4. The van der Waals surface area contributed by atoms with E-state index in [9.17, 15) is 9.59 Å². The van der Waals surface area contributed by atoms with Crippen LogP contribution in [-0.4, -0.2) is 22.3 Å². The highest BCUT2D eigenvalue weighted by molar-refractivity contribution is 5.74. The fraction of sp³-hybridized carbons (Fsp3) is 0.100. The summed E-state index contributed by atoms with van der Waals surface area (Å²) in [5.74, 6) is -0.884. The lowest BCUT2D eigenvalue weighted by Crippen LogP contribution is -1.90. The van der Waals surface area contributed by atoms with Crippen LogP contribution in [0, 0.1) is 0 Å². The Balaban J connectivity index is 2.63. The predicted molar refractivity (Wildman–Crippen MR) is 50.9 cm³/mol. The van der Waals surface area contributed by atoms with E-state index in [1.807, 2.05) is 0 Å². The highest BCUT2D eigenvalue weighted by atomic mass is 16.4. The molecule has 0 bridgehead atoms. The lowest BCUT2D eigenvalue weighted by molar-refractivity contribution is -0.135. The third-order valence-corrected chi connectivity index (χ3v) is 1.53.